The summed E-state index contributed by atoms with van der Waals surface area (Å²) in [4.78, 5) is 2.13. The number of nitrogens with zero attached hydrogens (tertiary/aromatic N) is 1. The third kappa shape index (κ3) is 3.62. The van der Waals surface area contributed by atoms with Crippen molar-refractivity contribution in [2.45, 2.75) is 33.4 Å². The molecule has 2 heteroatoms. The second-order valence-electron chi connectivity index (χ2n) is 5.75. The highest BCUT2D eigenvalue weighted by molar-refractivity contribution is 5.26. The highest BCUT2D eigenvalue weighted by atomic mass is 16.3. The number of aliphatic hydroxyl groups is 1. The van der Waals surface area contributed by atoms with E-state index >= 15 is 0 Å². The molecule has 0 aromatic heterocycles. The molecule has 1 atom stereocenters. The van der Waals surface area contributed by atoms with Crippen LogP contribution in [0.5, 0.6) is 0 Å². The largest absolute Gasteiger partial charge is 0.388 e. The number of hydrogen-bond acceptors (Lipinski definition) is 2. The van der Waals surface area contributed by atoms with Crippen LogP contribution in [0.25, 0.3) is 0 Å². The minimum Gasteiger partial charge on any atom is -0.388 e. The highest BCUT2D eigenvalue weighted by Gasteiger charge is 2.23. The van der Waals surface area contributed by atoms with Gasteiger partial charge >= 0.3 is 0 Å². The molecule has 0 fully saturated rings. The van der Waals surface area contributed by atoms with Gasteiger partial charge in [-0.3, -0.25) is 0 Å². The number of benzene rings is 1. The van der Waals surface area contributed by atoms with Crippen molar-refractivity contribution < 1.29 is 5.11 Å². The predicted octanol–water partition coefficient (Wildman–Crippen LogP) is 2.83. The third-order valence-electron chi connectivity index (χ3n) is 2.59. The third-order valence-corrected chi connectivity index (χ3v) is 2.59. The Morgan fingerprint density at radius 1 is 1.25 bits per heavy atom. The molecular weight excluding hydrogens is 198 g/mol. The zero-order valence-corrected chi connectivity index (χ0v) is 11.0. The lowest BCUT2D eigenvalue weighted by molar-refractivity contribution is 0.0626. The molecule has 0 heterocycles. The second kappa shape index (κ2) is 4.98. The molecular formula is C14H23NO. The molecule has 0 saturated heterocycles. The van der Waals surface area contributed by atoms with E-state index in [2.05, 4.69) is 37.8 Å². The topological polar surface area (TPSA) is 23.5 Å². The predicted molar refractivity (Wildman–Crippen MR) is 68.2 cm³/mol. The summed E-state index contributed by atoms with van der Waals surface area (Å²) >= 11 is 0. The summed E-state index contributed by atoms with van der Waals surface area (Å²) in [6.45, 7) is 7.06. The van der Waals surface area contributed by atoms with Gasteiger partial charge < -0.3 is 10.0 Å². The highest BCUT2D eigenvalue weighted by Crippen LogP contribution is 2.32. The minimum absolute atomic E-state index is 0.114. The van der Waals surface area contributed by atoms with Gasteiger partial charge in [0.05, 0.1) is 6.10 Å². The number of rotatable bonds is 3. The molecule has 1 aromatic carbocycles. The molecule has 0 aliphatic heterocycles. The first-order valence-corrected chi connectivity index (χ1v) is 5.72. The van der Waals surface area contributed by atoms with Crippen LogP contribution >= 0.6 is 0 Å². The first kappa shape index (κ1) is 13.2. The molecule has 0 aliphatic carbocycles. The van der Waals surface area contributed by atoms with E-state index in [4.69, 9.17) is 0 Å². The summed E-state index contributed by atoms with van der Waals surface area (Å²) in [6.07, 6.45) is -0.408. The molecule has 90 valence electrons. The molecule has 0 aliphatic rings. The fraction of sp³-hybridized carbons (Fsp3) is 0.571. The van der Waals surface area contributed by atoms with Crippen molar-refractivity contribution in [2.75, 3.05) is 14.1 Å². The molecule has 1 aromatic rings. The lowest BCUT2D eigenvalue weighted by Gasteiger charge is -2.26. The Bertz CT molecular complexity index is 339. The standard InChI is InChI=1S/C14H23NO/c1-14(2,3)13(16)12-8-6-7-11(9-12)10-15(4)5/h6-9,13,16H,10H2,1-5H3. The molecule has 0 amide bonds. The Balaban J connectivity index is 2.90. The lowest BCUT2D eigenvalue weighted by Crippen LogP contribution is -2.18. The Labute approximate surface area is 98.9 Å². The second-order valence-corrected chi connectivity index (χ2v) is 5.75. The lowest BCUT2D eigenvalue weighted by atomic mass is 9.84. The summed E-state index contributed by atoms with van der Waals surface area (Å²) in [6, 6.07) is 8.20. The van der Waals surface area contributed by atoms with Crippen LogP contribution in [-0.2, 0) is 6.54 Å². The smallest absolute Gasteiger partial charge is 0.0838 e. The molecule has 16 heavy (non-hydrogen) atoms. The monoisotopic (exact) mass is 221 g/mol. The van der Waals surface area contributed by atoms with Crippen LogP contribution in [0, 0.1) is 5.41 Å². The van der Waals surface area contributed by atoms with Crippen LogP contribution in [0.15, 0.2) is 24.3 Å². The van der Waals surface area contributed by atoms with Crippen molar-refractivity contribution in [3.05, 3.63) is 35.4 Å². The molecule has 0 saturated carbocycles. The van der Waals surface area contributed by atoms with Crippen molar-refractivity contribution >= 4 is 0 Å². The van der Waals surface area contributed by atoms with Gasteiger partial charge in [0.2, 0.25) is 0 Å². The van der Waals surface area contributed by atoms with E-state index in [9.17, 15) is 5.11 Å². The quantitative estimate of drug-likeness (QED) is 0.848. The average Bonchev–Trinajstić information content (AvgIpc) is 2.14. The van der Waals surface area contributed by atoms with Crippen molar-refractivity contribution in [1.29, 1.82) is 0 Å². The van der Waals surface area contributed by atoms with Crippen LogP contribution in [0.1, 0.15) is 38.0 Å². The fourth-order valence-electron chi connectivity index (χ4n) is 1.73. The average molecular weight is 221 g/mol. The van der Waals surface area contributed by atoms with Gasteiger partial charge in [0.25, 0.3) is 0 Å². The maximum atomic E-state index is 10.2. The van der Waals surface area contributed by atoms with Gasteiger partial charge in [0.15, 0.2) is 0 Å². The van der Waals surface area contributed by atoms with E-state index in [1.165, 1.54) is 5.56 Å². The van der Waals surface area contributed by atoms with Crippen LogP contribution in [0.3, 0.4) is 0 Å². The van der Waals surface area contributed by atoms with Crippen molar-refractivity contribution in [3.8, 4) is 0 Å². The Kier molecular flexibility index (Phi) is 4.11. The van der Waals surface area contributed by atoms with Crippen molar-refractivity contribution in [2.24, 2.45) is 5.41 Å². The van der Waals surface area contributed by atoms with E-state index in [0.717, 1.165) is 12.1 Å². The minimum atomic E-state index is -0.408. The Morgan fingerprint density at radius 3 is 2.38 bits per heavy atom. The van der Waals surface area contributed by atoms with E-state index in [1.54, 1.807) is 0 Å². The van der Waals surface area contributed by atoms with Crippen LogP contribution in [0.2, 0.25) is 0 Å². The van der Waals surface area contributed by atoms with E-state index in [0.29, 0.717) is 0 Å². The van der Waals surface area contributed by atoms with Gasteiger partial charge in [-0.2, -0.15) is 0 Å². The molecule has 2 nitrogen and oxygen atoms in total. The maximum Gasteiger partial charge on any atom is 0.0838 e. The van der Waals surface area contributed by atoms with Crippen LogP contribution < -0.4 is 0 Å². The van der Waals surface area contributed by atoms with Gasteiger partial charge in [-0.15, -0.1) is 0 Å². The van der Waals surface area contributed by atoms with Gasteiger partial charge in [-0.05, 0) is 30.6 Å². The normalized spacial score (nSPS) is 14.2. The van der Waals surface area contributed by atoms with Gasteiger partial charge in [-0.25, -0.2) is 0 Å². The summed E-state index contributed by atoms with van der Waals surface area (Å²) in [5, 5.41) is 10.2. The van der Waals surface area contributed by atoms with Gasteiger partial charge in [-0.1, -0.05) is 45.0 Å². The van der Waals surface area contributed by atoms with Gasteiger partial charge in [0, 0.05) is 6.54 Å². The van der Waals surface area contributed by atoms with Crippen molar-refractivity contribution in [1.82, 2.24) is 4.90 Å². The molecule has 1 rings (SSSR count). The fourth-order valence-corrected chi connectivity index (χ4v) is 1.73. The summed E-state index contributed by atoms with van der Waals surface area (Å²) < 4.78 is 0. The zero-order chi connectivity index (χ0) is 12.3. The van der Waals surface area contributed by atoms with E-state index in [1.807, 2.05) is 26.2 Å². The van der Waals surface area contributed by atoms with E-state index < -0.39 is 6.10 Å². The first-order chi connectivity index (χ1) is 7.30. The summed E-state index contributed by atoms with van der Waals surface area (Å²) in [5.41, 5.74) is 2.13. The van der Waals surface area contributed by atoms with Crippen LogP contribution in [-0.4, -0.2) is 24.1 Å². The molecule has 1 N–H and O–H groups in total. The molecule has 1 unspecified atom stereocenters. The SMILES string of the molecule is CN(C)Cc1cccc(C(O)C(C)(C)C)c1. The van der Waals surface area contributed by atoms with Crippen molar-refractivity contribution in [3.63, 3.8) is 0 Å². The summed E-state index contributed by atoms with van der Waals surface area (Å²) in [5.74, 6) is 0. The first-order valence-electron chi connectivity index (χ1n) is 5.72. The number of hydrogen-bond donors (Lipinski definition) is 1. The number of aliphatic hydroxyl groups excluding tert-OH is 1. The molecule has 0 radical (unpaired) electrons. The molecule has 0 spiro atoms. The van der Waals surface area contributed by atoms with E-state index in [-0.39, 0.29) is 5.41 Å². The molecule has 0 bridgehead atoms. The van der Waals surface area contributed by atoms with Crippen LogP contribution in [0.4, 0.5) is 0 Å². The Hall–Kier alpha value is -0.860. The zero-order valence-electron chi connectivity index (χ0n) is 11.0. The van der Waals surface area contributed by atoms with Gasteiger partial charge in [0.1, 0.15) is 0 Å². The Morgan fingerprint density at radius 2 is 1.88 bits per heavy atom. The summed E-state index contributed by atoms with van der Waals surface area (Å²) in [7, 11) is 4.10. The maximum absolute atomic E-state index is 10.2.